The van der Waals surface area contributed by atoms with E-state index in [9.17, 15) is 4.79 Å². The van der Waals surface area contributed by atoms with Crippen molar-refractivity contribution in [1.29, 1.82) is 0 Å². The van der Waals surface area contributed by atoms with E-state index in [1.165, 1.54) is 0 Å². The average molecular weight is 223 g/mol. The van der Waals surface area contributed by atoms with Crippen molar-refractivity contribution in [2.75, 3.05) is 33.4 Å². The number of hydrogen-bond donors (Lipinski definition) is 1. The molecular weight excluding hydrogens is 206 g/mol. The van der Waals surface area contributed by atoms with Gasteiger partial charge in [-0.2, -0.15) is 0 Å². The lowest BCUT2D eigenvalue weighted by atomic mass is 10.2. The molecule has 4 heteroatoms. The second kappa shape index (κ2) is 7.84. The molecule has 0 unspecified atom stereocenters. The van der Waals surface area contributed by atoms with Crippen LogP contribution in [0.5, 0.6) is 0 Å². The number of rotatable bonds is 7. The first-order chi connectivity index (χ1) is 7.84. The van der Waals surface area contributed by atoms with Crippen molar-refractivity contribution < 1.29 is 14.3 Å². The minimum absolute atomic E-state index is 0.289. The first-order valence-corrected chi connectivity index (χ1v) is 5.29. The highest BCUT2D eigenvalue weighted by atomic mass is 16.6. The zero-order chi connectivity index (χ0) is 11.6. The maximum absolute atomic E-state index is 11.4. The summed E-state index contributed by atoms with van der Waals surface area (Å²) < 4.78 is 10.2. The van der Waals surface area contributed by atoms with Crippen LogP contribution in [0, 0.1) is 0 Å². The van der Waals surface area contributed by atoms with Crippen LogP contribution in [0.4, 0.5) is 0 Å². The van der Waals surface area contributed by atoms with Gasteiger partial charge in [0.15, 0.2) is 0 Å². The van der Waals surface area contributed by atoms with Crippen molar-refractivity contribution in [3.63, 3.8) is 0 Å². The van der Waals surface area contributed by atoms with E-state index in [-0.39, 0.29) is 12.6 Å². The third-order valence-electron chi connectivity index (χ3n) is 1.97. The first kappa shape index (κ1) is 12.7. The fourth-order valence-corrected chi connectivity index (χ4v) is 1.13. The first-order valence-electron chi connectivity index (χ1n) is 5.29. The summed E-state index contributed by atoms with van der Waals surface area (Å²) in [6.45, 7) is 2.14. The summed E-state index contributed by atoms with van der Waals surface area (Å²) >= 11 is 0. The second-order valence-corrected chi connectivity index (χ2v) is 3.22. The van der Waals surface area contributed by atoms with E-state index < -0.39 is 0 Å². The van der Waals surface area contributed by atoms with E-state index in [4.69, 9.17) is 9.47 Å². The third-order valence-corrected chi connectivity index (χ3v) is 1.97. The lowest BCUT2D eigenvalue weighted by Crippen LogP contribution is -2.17. The van der Waals surface area contributed by atoms with Crippen LogP contribution in [0.3, 0.4) is 0 Å². The molecule has 1 aromatic rings. The van der Waals surface area contributed by atoms with Gasteiger partial charge in [0.05, 0.1) is 18.8 Å². The largest absolute Gasteiger partial charge is 0.460 e. The molecule has 0 amide bonds. The van der Waals surface area contributed by atoms with E-state index in [1.54, 1.807) is 24.3 Å². The zero-order valence-corrected chi connectivity index (χ0v) is 9.44. The summed E-state index contributed by atoms with van der Waals surface area (Å²) in [4.78, 5) is 11.4. The van der Waals surface area contributed by atoms with Gasteiger partial charge in [-0.15, -0.1) is 0 Å². The molecule has 1 N–H and O–H groups in total. The summed E-state index contributed by atoms with van der Waals surface area (Å²) in [6.07, 6.45) is 0. The van der Waals surface area contributed by atoms with Crippen molar-refractivity contribution >= 4 is 5.97 Å². The molecule has 0 aliphatic rings. The Morgan fingerprint density at radius 3 is 2.62 bits per heavy atom. The molecule has 1 rings (SSSR count). The number of ether oxygens (including phenoxy) is 2. The van der Waals surface area contributed by atoms with Gasteiger partial charge in [0.1, 0.15) is 6.61 Å². The van der Waals surface area contributed by atoms with Crippen LogP contribution >= 0.6 is 0 Å². The van der Waals surface area contributed by atoms with Gasteiger partial charge in [0, 0.05) is 6.54 Å². The second-order valence-electron chi connectivity index (χ2n) is 3.22. The van der Waals surface area contributed by atoms with Gasteiger partial charge in [0.25, 0.3) is 0 Å². The molecule has 0 saturated heterocycles. The van der Waals surface area contributed by atoms with Crippen LogP contribution in [0.25, 0.3) is 0 Å². The van der Waals surface area contributed by atoms with Crippen LogP contribution in [0.2, 0.25) is 0 Å². The molecule has 0 radical (unpaired) electrons. The molecule has 16 heavy (non-hydrogen) atoms. The van der Waals surface area contributed by atoms with E-state index in [1.807, 2.05) is 13.1 Å². The molecular formula is C12H17NO3. The Morgan fingerprint density at radius 2 is 1.94 bits per heavy atom. The minimum atomic E-state index is -0.308. The molecule has 0 spiro atoms. The Kier molecular flexibility index (Phi) is 6.22. The Bertz CT molecular complexity index is 300. The number of carbonyl (C=O) groups excluding carboxylic acids is 1. The van der Waals surface area contributed by atoms with Crippen LogP contribution in [-0.4, -0.2) is 39.4 Å². The van der Waals surface area contributed by atoms with Crippen molar-refractivity contribution in [1.82, 2.24) is 5.32 Å². The summed E-state index contributed by atoms with van der Waals surface area (Å²) in [6, 6.07) is 8.92. The number of hydrogen-bond acceptors (Lipinski definition) is 4. The number of nitrogens with one attached hydrogen (secondary N) is 1. The number of esters is 1. The Morgan fingerprint density at radius 1 is 1.19 bits per heavy atom. The number of benzene rings is 1. The molecule has 0 saturated carbocycles. The molecule has 0 heterocycles. The van der Waals surface area contributed by atoms with Crippen molar-refractivity contribution in [2.24, 2.45) is 0 Å². The fourth-order valence-electron chi connectivity index (χ4n) is 1.13. The SMILES string of the molecule is CNCCOCCOC(=O)c1ccccc1. The van der Waals surface area contributed by atoms with Crippen LogP contribution in [-0.2, 0) is 9.47 Å². The highest BCUT2D eigenvalue weighted by Gasteiger charge is 2.04. The van der Waals surface area contributed by atoms with Gasteiger partial charge in [-0.3, -0.25) is 0 Å². The average Bonchev–Trinajstić information content (AvgIpc) is 2.34. The molecule has 0 fully saturated rings. The molecule has 0 aliphatic heterocycles. The third kappa shape index (κ3) is 4.91. The van der Waals surface area contributed by atoms with Gasteiger partial charge in [-0.25, -0.2) is 4.79 Å². The lowest BCUT2D eigenvalue weighted by Gasteiger charge is -2.05. The summed E-state index contributed by atoms with van der Waals surface area (Å²) in [5.41, 5.74) is 0.567. The molecule has 88 valence electrons. The Hall–Kier alpha value is -1.39. The maximum Gasteiger partial charge on any atom is 0.338 e. The minimum Gasteiger partial charge on any atom is -0.460 e. The van der Waals surface area contributed by atoms with E-state index >= 15 is 0 Å². The summed E-state index contributed by atoms with van der Waals surface area (Å²) in [7, 11) is 1.86. The van der Waals surface area contributed by atoms with Gasteiger partial charge < -0.3 is 14.8 Å². The number of carbonyl (C=O) groups is 1. The standard InChI is InChI=1S/C12H17NO3/c1-13-7-8-15-9-10-16-12(14)11-5-3-2-4-6-11/h2-6,13H,7-10H2,1H3. The van der Waals surface area contributed by atoms with Gasteiger partial charge in [0.2, 0.25) is 0 Å². The van der Waals surface area contributed by atoms with Crippen LogP contribution < -0.4 is 5.32 Å². The van der Waals surface area contributed by atoms with Crippen molar-refractivity contribution in [3.05, 3.63) is 35.9 Å². The smallest absolute Gasteiger partial charge is 0.338 e. The molecule has 0 aromatic heterocycles. The normalized spacial score (nSPS) is 10.1. The van der Waals surface area contributed by atoms with E-state index in [2.05, 4.69) is 5.32 Å². The Labute approximate surface area is 95.6 Å². The lowest BCUT2D eigenvalue weighted by molar-refractivity contribution is 0.0323. The quantitative estimate of drug-likeness (QED) is 0.555. The number of likely N-dealkylation sites (N-methyl/N-ethyl adjacent to an activating group) is 1. The van der Waals surface area contributed by atoms with Gasteiger partial charge in [-0.05, 0) is 19.2 Å². The predicted octanol–water partition coefficient (Wildman–Crippen LogP) is 1.08. The Balaban J connectivity index is 2.12. The molecule has 0 atom stereocenters. The topological polar surface area (TPSA) is 47.6 Å². The summed E-state index contributed by atoms with van der Waals surface area (Å²) in [5, 5.41) is 2.96. The zero-order valence-electron chi connectivity index (χ0n) is 9.44. The van der Waals surface area contributed by atoms with Crippen LogP contribution in [0.1, 0.15) is 10.4 Å². The van der Waals surface area contributed by atoms with Gasteiger partial charge in [-0.1, -0.05) is 18.2 Å². The summed E-state index contributed by atoms with van der Waals surface area (Å²) in [5.74, 6) is -0.308. The molecule has 0 bridgehead atoms. The highest BCUT2D eigenvalue weighted by Crippen LogP contribution is 2.00. The fraction of sp³-hybridized carbons (Fsp3) is 0.417. The predicted molar refractivity (Wildman–Crippen MR) is 61.5 cm³/mol. The van der Waals surface area contributed by atoms with E-state index in [0.717, 1.165) is 6.54 Å². The van der Waals surface area contributed by atoms with E-state index in [0.29, 0.717) is 18.8 Å². The molecule has 0 aliphatic carbocycles. The van der Waals surface area contributed by atoms with Gasteiger partial charge >= 0.3 is 5.97 Å². The van der Waals surface area contributed by atoms with Crippen molar-refractivity contribution in [3.8, 4) is 0 Å². The molecule has 1 aromatic carbocycles. The highest BCUT2D eigenvalue weighted by molar-refractivity contribution is 5.89. The van der Waals surface area contributed by atoms with Crippen molar-refractivity contribution in [2.45, 2.75) is 0 Å². The molecule has 4 nitrogen and oxygen atoms in total. The maximum atomic E-state index is 11.4. The van der Waals surface area contributed by atoms with Crippen LogP contribution in [0.15, 0.2) is 30.3 Å². The monoisotopic (exact) mass is 223 g/mol.